The van der Waals surface area contributed by atoms with E-state index in [2.05, 4.69) is 15.4 Å². The average molecular weight is 243 g/mol. The summed E-state index contributed by atoms with van der Waals surface area (Å²) in [5.41, 5.74) is 2.02. The molecule has 0 aliphatic heterocycles. The fourth-order valence-corrected chi connectivity index (χ4v) is 2.21. The molecular formula is C9H11ClN4S. The number of anilines is 1. The normalized spacial score (nSPS) is 10.6. The smallest absolute Gasteiger partial charge is 0.113 e. The van der Waals surface area contributed by atoms with Gasteiger partial charge in [-0.1, -0.05) is 11.6 Å². The second kappa shape index (κ2) is 4.20. The maximum atomic E-state index is 5.79. The van der Waals surface area contributed by atoms with E-state index in [1.54, 1.807) is 10.9 Å². The van der Waals surface area contributed by atoms with Crippen molar-refractivity contribution in [2.75, 3.05) is 5.32 Å². The minimum Gasteiger partial charge on any atom is -0.376 e. The van der Waals surface area contributed by atoms with Gasteiger partial charge in [-0.05, 0) is 6.92 Å². The van der Waals surface area contributed by atoms with E-state index in [1.165, 1.54) is 11.3 Å². The van der Waals surface area contributed by atoms with Gasteiger partial charge in [0.15, 0.2) is 0 Å². The summed E-state index contributed by atoms with van der Waals surface area (Å²) in [6.07, 6.45) is 3.61. The molecule has 15 heavy (non-hydrogen) atoms. The minimum atomic E-state index is 0.684. The van der Waals surface area contributed by atoms with E-state index in [-0.39, 0.29) is 0 Å². The predicted octanol–water partition coefficient (Wildman–Crippen LogP) is 2.45. The van der Waals surface area contributed by atoms with Crippen LogP contribution in [0.25, 0.3) is 0 Å². The van der Waals surface area contributed by atoms with Crippen LogP contribution in [-0.2, 0) is 13.6 Å². The second-order valence-electron chi connectivity index (χ2n) is 3.21. The SMILES string of the molecule is Cc1nn(C)cc1NCc1ncc(Cl)s1. The number of nitrogens with one attached hydrogen (secondary N) is 1. The van der Waals surface area contributed by atoms with Crippen molar-refractivity contribution in [3.05, 3.63) is 27.4 Å². The van der Waals surface area contributed by atoms with Crippen molar-refractivity contribution < 1.29 is 0 Å². The number of hydrogen-bond acceptors (Lipinski definition) is 4. The zero-order valence-corrected chi connectivity index (χ0v) is 10.1. The molecule has 6 heteroatoms. The molecule has 2 aromatic heterocycles. The summed E-state index contributed by atoms with van der Waals surface area (Å²) in [6, 6.07) is 0. The molecule has 0 saturated carbocycles. The lowest BCUT2D eigenvalue weighted by Crippen LogP contribution is -1.98. The molecule has 0 spiro atoms. The van der Waals surface area contributed by atoms with Crippen LogP contribution < -0.4 is 5.32 Å². The number of halogens is 1. The lowest BCUT2D eigenvalue weighted by molar-refractivity contribution is 0.756. The van der Waals surface area contributed by atoms with Crippen LogP contribution in [-0.4, -0.2) is 14.8 Å². The van der Waals surface area contributed by atoms with Gasteiger partial charge < -0.3 is 5.32 Å². The van der Waals surface area contributed by atoms with E-state index in [4.69, 9.17) is 11.6 Å². The molecule has 2 heterocycles. The third kappa shape index (κ3) is 2.49. The van der Waals surface area contributed by atoms with Crippen LogP contribution in [0, 0.1) is 6.92 Å². The van der Waals surface area contributed by atoms with Gasteiger partial charge in [0, 0.05) is 13.2 Å². The van der Waals surface area contributed by atoms with Gasteiger partial charge in [-0.15, -0.1) is 11.3 Å². The van der Waals surface area contributed by atoms with Crippen molar-refractivity contribution in [1.82, 2.24) is 14.8 Å². The van der Waals surface area contributed by atoms with Crippen molar-refractivity contribution in [1.29, 1.82) is 0 Å². The molecule has 4 nitrogen and oxygen atoms in total. The number of rotatable bonds is 3. The first-order chi connectivity index (χ1) is 7.15. The molecule has 0 radical (unpaired) electrons. The molecule has 1 N–H and O–H groups in total. The van der Waals surface area contributed by atoms with Crippen molar-refractivity contribution in [2.24, 2.45) is 7.05 Å². The standard InChI is InChI=1S/C9H11ClN4S/c1-6-7(5-14(2)13-6)11-4-9-12-3-8(10)15-9/h3,5,11H,4H2,1-2H3. The van der Waals surface area contributed by atoms with Crippen LogP contribution in [0.4, 0.5) is 5.69 Å². The highest BCUT2D eigenvalue weighted by Gasteiger charge is 2.04. The molecule has 2 rings (SSSR count). The Morgan fingerprint density at radius 2 is 2.40 bits per heavy atom. The zero-order valence-electron chi connectivity index (χ0n) is 8.49. The number of aromatic nitrogens is 3. The van der Waals surface area contributed by atoms with Gasteiger partial charge in [0.2, 0.25) is 0 Å². The Labute approximate surface area is 96.9 Å². The molecular weight excluding hydrogens is 232 g/mol. The summed E-state index contributed by atoms with van der Waals surface area (Å²) in [6.45, 7) is 2.65. The van der Waals surface area contributed by atoms with E-state index in [9.17, 15) is 0 Å². The molecule has 0 saturated heterocycles. The Kier molecular flexibility index (Phi) is 2.93. The minimum absolute atomic E-state index is 0.684. The largest absolute Gasteiger partial charge is 0.376 e. The van der Waals surface area contributed by atoms with Gasteiger partial charge in [0.05, 0.1) is 24.1 Å². The number of hydrogen-bond donors (Lipinski definition) is 1. The average Bonchev–Trinajstić information content (AvgIpc) is 2.70. The molecule has 80 valence electrons. The maximum Gasteiger partial charge on any atom is 0.113 e. The second-order valence-corrected chi connectivity index (χ2v) is 4.96. The first kappa shape index (κ1) is 10.4. The van der Waals surface area contributed by atoms with E-state index >= 15 is 0 Å². The van der Waals surface area contributed by atoms with Crippen LogP contribution in [0.1, 0.15) is 10.7 Å². The fourth-order valence-electron chi connectivity index (χ4n) is 1.31. The Bertz CT molecular complexity index is 462. The molecule has 0 bridgehead atoms. The predicted molar refractivity (Wildman–Crippen MR) is 62.4 cm³/mol. The van der Waals surface area contributed by atoms with Crippen LogP contribution in [0.15, 0.2) is 12.4 Å². The molecule has 0 unspecified atom stereocenters. The fraction of sp³-hybridized carbons (Fsp3) is 0.333. The maximum absolute atomic E-state index is 5.79. The molecule has 0 aromatic carbocycles. The summed E-state index contributed by atoms with van der Waals surface area (Å²) in [4.78, 5) is 4.16. The van der Waals surface area contributed by atoms with Crippen molar-refractivity contribution >= 4 is 28.6 Å². The van der Waals surface area contributed by atoms with Crippen LogP contribution in [0.5, 0.6) is 0 Å². The Balaban J connectivity index is 2.01. The van der Waals surface area contributed by atoms with Gasteiger partial charge in [0.1, 0.15) is 9.34 Å². The number of aryl methyl sites for hydroxylation is 2. The van der Waals surface area contributed by atoms with Gasteiger partial charge in [-0.2, -0.15) is 5.10 Å². The van der Waals surface area contributed by atoms with E-state index in [0.29, 0.717) is 6.54 Å². The lowest BCUT2D eigenvalue weighted by Gasteiger charge is -2.00. The van der Waals surface area contributed by atoms with Crippen LogP contribution >= 0.6 is 22.9 Å². The van der Waals surface area contributed by atoms with E-state index in [0.717, 1.165) is 20.7 Å². The highest BCUT2D eigenvalue weighted by Crippen LogP contribution is 2.20. The molecule has 0 amide bonds. The van der Waals surface area contributed by atoms with Crippen molar-refractivity contribution in [3.63, 3.8) is 0 Å². The summed E-state index contributed by atoms with van der Waals surface area (Å²) < 4.78 is 2.50. The zero-order chi connectivity index (χ0) is 10.8. The highest BCUT2D eigenvalue weighted by molar-refractivity contribution is 7.15. The lowest BCUT2D eigenvalue weighted by atomic mass is 10.4. The molecule has 0 aliphatic rings. The Morgan fingerprint density at radius 3 is 2.93 bits per heavy atom. The first-order valence-electron chi connectivity index (χ1n) is 4.49. The molecule has 0 fully saturated rings. The Morgan fingerprint density at radius 1 is 1.60 bits per heavy atom. The summed E-state index contributed by atoms with van der Waals surface area (Å²) in [7, 11) is 1.90. The van der Waals surface area contributed by atoms with Crippen LogP contribution in [0.2, 0.25) is 4.34 Å². The molecule has 0 aliphatic carbocycles. The molecule has 0 atom stereocenters. The van der Waals surface area contributed by atoms with Gasteiger partial charge in [-0.25, -0.2) is 4.98 Å². The summed E-state index contributed by atoms with van der Waals surface area (Å²) >= 11 is 7.27. The topological polar surface area (TPSA) is 42.7 Å². The van der Waals surface area contributed by atoms with Crippen LogP contribution in [0.3, 0.4) is 0 Å². The third-order valence-corrected chi connectivity index (χ3v) is 3.08. The molecule has 2 aromatic rings. The highest BCUT2D eigenvalue weighted by atomic mass is 35.5. The summed E-state index contributed by atoms with van der Waals surface area (Å²) in [5.74, 6) is 0. The summed E-state index contributed by atoms with van der Waals surface area (Å²) in [5, 5.41) is 8.48. The van der Waals surface area contributed by atoms with Gasteiger partial charge >= 0.3 is 0 Å². The number of thiazole rings is 1. The first-order valence-corrected chi connectivity index (χ1v) is 5.69. The third-order valence-electron chi connectivity index (χ3n) is 1.97. The van der Waals surface area contributed by atoms with E-state index < -0.39 is 0 Å². The Hall–Kier alpha value is -1.07. The van der Waals surface area contributed by atoms with E-state index in [1.807, 2.05) is 20.2 Å². The number of nitrogens with zero attached hydrogens (tertiary/aromatic N) is 3. The quantitative estimate of drug-likeness (QED) is 0.899. The van der Waals surface area contributed by atoms with Crippen molar-refractivity contribution in [3.8, 4) is 0 Å². The monoisotopic (exact) mass is 242 g/mol. The van der Waals surface area contributed by atoms with Crippen molar-refractivity contribution in [2.45, 2.75) is 13.5 Å². The van der Waals surface area contributed by atoms with Gasteiger partial charge in [0.25, 0.3) is 0 Å². The van der Waals surface area contributed by atoms with Gasteiger partial charge in [-0.3, -0.25) is 4.68 Å².